The lowest BCUT2D eigenvalue weighted by Gasteiger charge is -2.39. The van der Waals surface area contributed by atoms with Gasteiger partial charge in [-0.1, -0.05) is 18.2 Å². The number of amides is 1. The molecule has 2 aliphatic rings. The van der Waals surface area contributed by atoms with Crippen molar-refractivity contribution in [3.05, 3.63) is 54.1 Å². The van der Waals surface area contributed by atoms with Crippen LogP contribution in [0.2, 0.25) is 0 Å². The highest BCUT2D eigenvalue weighted by molar-refractivity contribution is 5.92. The van der Waals surface area contributed by atoms with Crippen molar-refractivity contribution in [2.75, 3.05) is 19.7 Å². The molecule has 1 aromatic heterocycles. The average Bonchev–Trinajstić information content (AvgIpc) is 3.04. The molecule has 1 spiro atoms. The first-order valence-electron chi connectivity index (χ1n) is 9.07. The topological polar surface area (TPSA) is 64.6 Å². The molecule has 1 aromatic carbocycles. The number of carbonyl (C=O) groups excluding carboxylic acids is 1. The summed E-state index contributed by atoms with van der Waals surface area (Å²) in [6, 6.07) is 9.81. The molecule has 3 heterocycles. The maximum Gasteiger partial charge on any atom is 0.274 e. The molecule has 2 atom stereocenters. The summed E-state index contributed by atoms with van der Waals surface area (Å²) in [6.45, 7) is 3.72. The van der Waals surface area contributed by atoms with E-state index in [1.54, 1.807) is 12.4 Å². The summed E-state index contributed by atoms with van der Waals surface area (Å²) in [5.74, 6) is 0.782. The number of rotatable bonds is 3. The molecule has 0 bridgehead atoms. The number of hydrogen-bond donors (Lipinski definition) is 0. The normalized spacial score (nSPS) is 25.4. The van der Waals surface area contributed by atoms with Crippen molar-refractivity contribution in [3.63, 3.8) is 0 Å². The van der Waals surface area contributed by atoms with Gasteiger partial charge in [-0.05, 0) is 31.9 Å². The van der Waals surface area contributed by atoms with Gasteiger partial charge in [0.05, 0.1) is 30.6 Å². The van der Waals surface area contributed by atoms with Crippen molar-refractivity contribution in [2.45, 2.75) is 37.9 Å². The maximum atomic E-state index is 12.8. The van der Waals surface area contributed by atoms with Gasteiger partial charge in [-0.3, -0.25) is 9.78 Å². The average molecular weight is 353 g/mol. The van der Waals surface area contributed by atoms with Gasteiger partial charge in [0.15, 0.2) is 0 Å². The molecule has 6 nitrogen and oxygen atoms in total. The van der Waals surface area contributed by atoms with Gasteiger partial charge >= 0.3 is 0 Å². The van der Waals surface area contributed by atoms with E-state index in [9.17, 15) is 4.79 Å². The highest BCUT2D eigenvalue weighted by Gasteiger charge is 2.45. The standard InChI is InChI=1S/C20H23N3O3/c1-15-11-22-18(12-21-15)19(24)23-9-5-8-20(14-23)10-17(13-25-20)26-16-6-3-2-4-7-16/h2-4,6-7,11-12,17H,5,8-10,13-14H2,1H3/t17-,20-/m1/s1. The molecule has 6 heteroatoms. The number of ether oxygens (including phenoxy) is 2. The third-order valence-corrected chi connectivity index (χ3v) is 5.05. The summed E-state index contributed by atoms with van der Waals surface area (Å²) in [7, 11) is 0. The van der Waals surface area contributed by atoms with E-state index >= 15 is 0 Å². The van der Waals surface area contributed by atoms with Crippen LogP contribution in [0.25, 0.3) is 0 Å². The SMILES string of the molecule is Cc1cnc(C(=O)N2CCC[C@@]3(C[C@@H](Oc4ccccc4)CO3)C2)cn1. The number of piperidine rings is 1. The van der Waals surface area contributed by atoms with Crippen LogP contribution in [0.3, 0.4) is 0 Å². The minimum absolute atomic E-state index is 0.0200. The predicted molar refractivity (Wildman–Crippen MR) is 96.1 cm³/mol. The number of benzene rings is 1. The van der Waals surface area contributed by atoms with Crippen LogP contribution in [-0.2, 0) is 4.74 Å². The fourth-order valence-electron chi connectivity index (χ4n) is 3.79. The number of para-hydroxylation sites is 1. The zero-order valence-electron chi connectivity index (χ0n) is 14.9. The van der Waals surface area contributed by atoms with Crippen LogP contribution in [0.15, 0.2) is 42.7 Å². The van der Waals surface area contributed by atoms with Gasteiger partial charge < -0.3 is 14.4 Å². The van der Waals surface area contributed by atoms with Gasteiger partial charge in [0, 0.05) is 19.2 Å². The molecule has 2 aliphatic heterocycles. The first-order valence-corrected chi connectivity index (χ1v) is 9.07. The smallest absolute Gasteiger partial charge is 0.274 e. The van der Waals surface area contributed by atoms with E-state index in [1.165, 1.54) is 0 Å². The maximum absolute atomic E-state index is 12.8. The lowest BCUT2D eigenvalue weighted by Crippen LogP contribution is -2.50. The monoisotopic (exact) mass is 353 g/mol. The minimum Gasteiger partial charge on any atom is -0.488 e. The lowest BCUT2D eigenvalue weighted by molar-refractivity contribution is -0.0454. The molecule has 136 valence electrons. The van der Waals surface area contributed by atoms with Gasteiger partial charge in [-0.15, -0.1) is 0 Å². The number of hydrogen-bond acceptors (Lipinski definition) is 5. The van der Waals surface area contributed by atoms with Gasteiger partial charge in [0.1, 0.15) is 17.5 Å². The molecule has 0 N–H and O–H groups in total. The van der Waals surface area contributed by atoms with Gasteiger partial charge in [0.2, 0.25) is 0 Å². The van der Waals surface area contributed by atoms with Crippen LogP contribution in [-0.4, -0.2) is 52.2 Å². The molecule has 2 fully saturated rings. The van der Waals surface area contributed by atoms with Crippen molar-refractivity contribution in [2.24, 2.45) is 0 Å². The van der Waals surface area contributed by atoms with E-state index < -0.39 is 0 Å². The Morgan fingerprint density at radius 2 is 2.12 bits per heavy atom. The highest BCUT2D eigenvalue weighted by atomic mass is 16.6. The van der Waals surface area contributed by atoms with Crippen LogP contribution < -0.4 is 4.74 Å². The first-order chi connectivity index (χ1) is 12.6. The molecule has 0 saturated carbocycles. The first kappa shape index (κ1) is 17.0. The Hall–Kier alpha value is -2.47. The molecule has 2 aromatic rings. The molecule has 1 amide bonds. The van der Waals surface area contributed by atoms with Crippen LogP contribution in [0.4, 0.5) is 0 Å². The Kier molecular flexibility index (Phi) is 4.59. The highest BCUT2D eigenvalue weighted by Crippen LogP contribution is 2.36. The van der Waals surface area contributed by atoms with Crippen molar-refractivity contribution in [3.8, 4) is 5.75 Å². The van der Waals surface area contributed by atoms with E-state index in [1.807, 2.05) is 42.2 Å². The largest absolute Gasteiger partial charge is 0.488 e. The van der Waals surface area contributed by atoms with E-state index in [-0.39, 0.29) is 17.6 Å². The molecule has 26 heavy (non-hydrogen) atoms. The van der Waals surface area contributed by atoms with Crippen molar-refractivity contribution in [1.29, 1.82) is 0 Å². The molecular weight excluding hydrogens is 330 g/mol. The minimum atomic E-state index is -0.314. The van der Waals surface area contributed by atoms with E-state index in [2.05, 4.69) is 9.97 Å². The van der Waals surface area contributed by atoms with Crippen LogP contribution in [0, 0.1) is 6.92 Å². The third kappa shape index (κ3) is 3.55. The fraction of sp³-hybridized carbons (Fsp3) is 0.450. The second-order valence-corrected chi connectivity index (χ2v) is 7.12. The summed E-state index contributed by atoms with van der Waals surface area (Å²) >= 11 is 0. The second-order valence-electron chi connectivity index (χ2n) is 7.12. The summed E-state index contributed by atoms with van der Waals surface area (Å²) in [6.07, 6.45) is 5.87. The van der Waals surface area contributed by atoms with Crippen molar-refractivity contribution in [1.82, 2.24) is 14.9 Å². The predicted octanol–water partition coefficient (Wildman–Crippen LogP) is 2.63. The zero-order valence-corrected chi connectivity index (χ0v) is 14.9. The van der Waals surface area contributed by atoms with E-state index in [0.717, 1.165) is 37.3 Å². The summed E-state index contributed by atoms with van der Waals surface area (Å²) < 4.78 is 12.2. The molecule has 0 radical (unpaired) electrons. The Labute approximate surface area is 153 Å². The van der Waals surface area contributed by atoms with E-state index in [4.69, 9.17) is 9.47 Å². The summed E-state index contributed by atoms with van der Waals surface area (Å²) in [5, 5.41) is 0. The zero-order chi connectivity index (χ0) is 18.0. The molecule has 4 rings (SSSR count). The second kappa shape index (κ2) is 7.03. The Bertz CT molecular complexity index is 766. The van der Waals surface area contributed by atoms with E-state index in [0.29, 0.717) is 18.8 Å². The van der Waals surface area contributed by atoms with Crippen LogP contribution in [0.5, 0.6) is 5.75 Å². The molecule has 2 saturated heterocycles. The number of nitrogens with zero attached hydrogens (tertiary/aromatic N) is 3. The van der Waals surface area contributed by atoms with Gasteiger partial charge in [-0.25, -0.2) is 4.98 Å². The number of likely N-dealkylation sites (tertiary alicyclic amines) is 1. The summed E-state index contributed by atoms with van der Waals surface area (Å²) in [4.78, 5) is 23.0. The quantitative estimate of drug-likeness (QED) is 0.849. The van der Waals surface area contributed by atoms with Crippen LogP contribution in [0.1, 0.15) is 35.4 Å². The Morgan fingerprint density at radius 3 is 2.88 bits per heavy atom. The number of aryl methyl sites for hydroxylation is 1. The van der Waals surface area contributed by atoms with Crippen molar-refractivity contribution >= 4 is 5.91 Å². The number of aromatic nitrogens is 2. The molecule has 0 unspecified atom stereocenters. The van der Waals surface area contributed by atoms with Crippen molar-refractivity contribution < 1.29 is 14.3 Å². The van der Waals surface area contributed by atoms with Gasteiger partial charge in [-0.2, -0.15) is 0 Å². The lowest BCUT2D eigenvalue weighted by atomic mass is 9.89. The number of carbonyl (C=O) groups is 1. The Morgan fingerprint density at radius 1 is 1.27 bits per heavy atom. The molecular formula is C20H23N3O3. The summed E-state index contributed by atoms with van der Waals surface area (Å²) in [5.41, 5.74) is 0.880. The van der Waals surface area contributed by atoms with Crippen LogP contribution >= 0.6 is 0 Å². The fourth-order valence-corrected chi connectivity index (χ4v) is 3.79. The Balaban J connectivity index is 1.41. The van der Waals surface area contributed by atoms with Gasteiger partial charge in [0.25, 0.3) is 5.91 Å². The molecule has 0 aliphatic carbocycles. The third-order valence-electron chi connectivity index (χ3n) is 5.05.